The van der Waals surface area contributed by atoms with Crippen LogP contribution in [0.15, 0.2) is 152 Å². The normalized spacial score (nSPS) is 13.3. The predicted octanol–water partition coefficient (Wildman–Crippen LogP) is 12.7. The van der Waals surface area contributed by atoms with Crippen LogP contribution in [0, 0.1) is 0 Å². The van der Waals surface area contributed by atoms with E-state index in [2.05, 4.69) is 170 Å². The van der Waals surface area contributed by atoms with Crippen molar-refractivity contribution in [2.75, 3.05) is 4.90 Å². The fourth-order valence-corrected chi connectivity index (χ4v) is 8.72. The average Bonchev–Trinajstić information content (AvgIpc) is 3.59. The zero-order valence-electron chi connectivity index (χ0n) is 25.3. The zero-order chi connectivity index (χ0) is 30.1. The Morgan fingerprint density at radius 2 is 1.20 bits per heavy atom. The Hall–Kier alpha value is -5.18. The zero-order valence-corrected chi connectivity index (χ0v) is 26.1. The van der Waals surface area contributed by atoms with Gasteiger partial charge in [-0.2, -0.15) is 0 Å². The number of benzene rings is 7. The maximum atomic E-state index is 2.50. The largest absolute Gasteiger partial charge is 0.308 e. The van der Waals surface area contributed by atoms with Crippen molar-refractivity contribution >= 4 is 59.3 Å². The summed E-state index contributed by atoms with van der Waals surface area (Å²) in [7, 11) is 0. The highest BCUT2D eigenvalue weighted by Crippen LogP contribution is 2.52. The molecule has 1 aliphatic carbocycles. The molecule has 0 saturated carbocycles. The van der Waals surface area contributed by atoms with Crippen LogP contribution in [0.1, 0.15) is 25.0 Å². The van der Waals surface area contributed by atoms with Crippen LogP contribution in [0.3, 0.4) is 0 Å². The van der Waals surface area contributed by atoms with Crippen LogP contribution in [-0.2, 0) is 5.41 Å². The average molecular weight is 594 g/mol. The third-order valence-electron chi connectivity index (χ3n) is 9.66. The highest BCUT2D eigenvalue weighted by Gasteiger charge is 2.36. The fraction of sp³-hybridized carbons (Fsp3) is 0.0698. The van der Waals surface area contributed by atoms with Gasteiger partial charge >= 0.3 is 0 Å². The number of hydrogen-bond donors (Lipinski definition) is 0. The minimum absolute atomic E-state index is 0.0882. The number of nitrogens with zero attached hydrogens (tertiary/aromatic N) is 1. The highest BCUT2D eigenvalue weighted by atomic mass is 32.1. The van der Waals surface area contributed by atoms with Gasteiger partial charge in [0, 0.05) is 32.1 Å². The monoisotopic (exact) mass is 593 g/mol. The SMILES string of the molecule is CC1(C)c2ccccc2-c2ccc(N(c3ccccc3-c3ccccc3)c3cccc4c3sc3ccc5ccccc5c34)cc21. The van der Waals surface area contributed by atoms with Crippen LogP contribution in [0.5, 0.6) is 0 Å². The van der Waals surface area contributed by atoms with Crippen molar-refractivity contribution < 1.29 is 0 Å². The molecule has 1 heterocycles. The third-order valence-corrected chi connectivity index (χ3v) is 10.9. The van der Waals surface area contributed by atoms with Crippen LogP contribution in [0.4, 0.5) is 17.1 Å². The summed E-state index contributed by atoms with van der Waals surface area (Å²) in [6.45, 7) is 4.73. The molecule has 8 aromatic rings. The Bertz CT molecular complexity index is 2410. The molecule has 0 atom stereocenters. The fourth-order valence-electron chi connectivity index (χ4n) is 7.50. The lowest BCUT2D eigenvalue weighted by Crippen LogP contribution is -2.17. The molecule has 0 aliphatic heterocycles. The van der Waals surface area contributed by atoms with Gasteiger partial charge in [0.25, 0.3) is 0 Å². The number of anilines is 3. The van der Waals surface area contributed by atoms with Gasteiger partial charge in [-0.3, -0.25) is 0 Å². The van der Waals surface area contributed by atoms with E-state index < -0.39 is 0 Å². The second kappa shape index (κ2) is 9.92. The molecule has 0 bridgehead atoms. The minimum Gasteiger partial charge on any atom is -0.308 e. The van der Waals surface area contributed by atoms with E-state index in [1.165, 1.54) is 81.4 Å². The van der Waals surface area contributed by atoms with E-state index in [0.717, 1.165) is 0 Å². The summed E-state index contributed by atoms with van der Waals surface area (Å²) >= 11 is 1.90. The predicted molar refractivity (Wildman–Crippen MR) is 195 cm³/mol. The van der Waals surface area contributed by atoms with E-state index in [9.17, 15) is 0 Å². The molecule has 1 nitrogen and oxygen atoms in total. The van der Waals surface area contributed by atoms with Crippen molar-refractivity contribution in [1.82, 2.24) is 0 Å². The maximum absolute atomic E-state index is 2.50. The summed E-state index contributed by atoms with van der Waals surface area (Å²) in [5.41, 5.74) is 11.3. The molecule has 1 aliphatic rings. The Morgan fingerprint density at radius 1 is 0.511 bits per heavy atom. The molecule has 0 saturated heterocycles. The molecular weight excluding hydrogens is 563 g/mol. The smallest absolute Gasteiger partial charge is 0.0640 e. The van der Waals surface area contributed by atoms with Crippen molar-refractivity contribution in [3.63, 3.8) is 0 Å². The van der Waals surface area contributed by atoms with E-state index in [1.807, 2.05) is 11.3 Å². The van der Waals surface area contributed by atoms with Crippen LogP contribution >= 0.6 is 11.3 Å². The number of rotatable bonds is 4. The van der Waals surface area contributed by atoms with E-state index in [4.69, 9.17) is 0 Å². The highest BCUT2D eigenvalue weighted by molar-refractivity contribution is 7.26. The molecule has 0 N–H and O–H groups in total. The molecule has 0 spiro atoms. The Kier molecular flexibility index (Phi) is 5.78. The van der Waals surface area contributed by atoms with E-state index >= 15 is 0 Å². The van der Waals surface area contributed by atoms with Crippen LogP contribution in [-0.4, -0.2) is 0 Å². The van der Waals surface area contributed by atoms with Crippen molar-refractivity contribution in [3.05, 3.63) is 163 Å². The minimum atomic E-state index is -0.0882. The Balaban J connectivity index is 1.35. The van der Waals surface area contributed by atoms with Crippen molar-refractivity contribution in [2.24, 2.45) is 0 Å². The molecule has 0 radical (unpaired) electrons. The summed E-state index contributed by atoms with van der Waals surface area (Å²) in [6.07, 6.45) is 0. The molecule has 2 heteroatoms. The van der Waals surface area contributed by atoms with Gasteiger partial charge in [-0.15, -0.1) is 11.3 Å². The molecule has 214 valence electrons. The topological polar surface area (TPSA) is 3.24 Å². The second-order valence-electron chi connectivity index (χ2n) is 12.5. The number of thiophene rings is 1. The molecule has 0 fully saturated rings. The Labute approximate surface area is 267 Å². The lowest BCUT2D eigenvalue weighted by molar-refractivity contribution is 0.660. The van der Waals surface area contributed by atoms with Crippen LogP contribution in [0.2, 0.25) is 0 Å². The summed E-state index contributed by atoms with van der Waals surface area (Å²) in [5, 5.41) is 5.24. The van der Waals surface area contributed by atoms with Gasteiger partial charge in [-0.25, -0.2) is 0 Å². The lowest BCUT2D eigenvalue weighted by atomic mass is 9.82. The van der Waals surface area contributed by atoms with Gasteiger partial charge in [0.1, 0.15) is 0 Å². The quantitative estimate of drug-likeness (QED) is 0.196. The van der Waals surface area contributed by atoms with Gasteiger partial charge in [0.2, 0.25) is 0 Å². The van der Waals surface area contributed by atoms with Gasteiger partial charge in [0.15, 0.2) is 0 Å². The van der Waals surface area contributed by atoms with E-state index in [-0.39, 0.29) is 5.41 Å². The lowest BCUT2D eigenvalue weighted by Gasteiger charge is -2.30. The first-order valence-corrected chi connectivity index (χ1v) is 16.4. The first kappa shape index (κ1) is 26.2. The molecule has 0 unspecified atom stereocenters. The second-order valence-corrected chi connectivity index (χ2v) is 13.6. The van der Waals surface area contributed by atoms with Gasteiger partial charge in [-0.1, -0.05) is 135 Å². The van der Waals surface area contributed by atoms with Gasteiger partial charge in [0.05, 0.1) is 16.1 Å². The third kappa shape index (κ3) is 3.92. The van der Waals surface area contributed by atoms with Crippen molar-refractivity contribution in [1.29, 1.82) is 0 Å². The van der Waals surface area contributed by atoms with Crippen molar-refractivity contribution in [2.45, 2.75) is 19.3 Å². The number of para-hydroxylation sites is 1. The molecule has 1 aromatic heterocycles. The first-order valence-electron chi connectivity index (χ1n) is 15.6. The van der Waals surface area contributed by atoms with Gasteiger partial charge in [-0.05, 0) is 68.9 Å². The number of hydrogen-bond acceptors (Lipinski definition) is 2. The summed E-state index contributed by atoms with van der Waals surface area (Å²) in [4.78, 5) is 2.50. The van der Waals surface area contributed by atoms with Crippen LogP contribution in [0.25, 0.3) is 53.2 Å². The van der Waals surface area contributed by atoms with E-state index in [0.29, 0.717) is 0 Å². The maximum Gasteiger partial charge on any atom is 0.0640 e. The molecule has 7 aromatic carbocycles. The van der Waals surface area contributed by atoms with Gasteiger partial charge < -0.3 is 4.90 Å². The summed E-state index contributed by atoms with van der Waals surface area (Å²) < 4.78 is 2.62. The molecule has 9 rings (SSSR count). The van der Waals surface area contributed by atoms with Crippen molar-refractivity contribution in [3.8, 4) is 22.3 Å². The summed E-state index contributed by atoms with van der Waals surface area (Å²) in [6, 6.07) is 55.8. The first-order chi connectivity index (χ1) is 22.1. The standard InChI is InChI=1S/C43H31NS/c1-43(2)36-20-10-8-18-33(36)34-25-24-30(27-37(34)43)44(38-21-11-9-16-31(38)28-13-4-3-5-14-28)39-22-12-19-35-41-32-17-7-6-15-29(32)23-26-40(41)45-42(35)39/h3-27H,1-2H3. The van der Waals surface area contributed by atoms with Crippen LogP contribution < -0.4 is 4.90 Å². The Morgan fingerprint density at radius 3 is 2.09 bits per heavy atom. The summed E-state index contributed by atoms with van der Waals surface area (Å²) in [5.74, 6) is 0. The molecular formula is C43H31NS. The number of fused-ring (bicyclic) bond motifs is 8. The molecule has 0 amide bonds. The van der Waals surface area contributed by atoms with E-state index in [1.54, 1.807) is 0 Å². The molecule has 45 heavy (non-hydrogen) atoms.